The van der Waals surface area contributed by atoms with Crippen molar-refractivity contribution in [3.05, 3.63) is 0 Å². The molecule has 0 radical (unpaired) electrons. The minimum absolute atomic E-state index is 0.0139. The van der Waals surface area contributed by atoms with Gasteiger partial charge in [-0.2, -0.15) is 0 Å². The molecule has 1 unspecified atom stereocenters. The molecule has 0 spiro atoms. The summed E-state index contributed by atoms with van der Waals surface area (Å²) in [5.41, 5.74) is 5.41. The van der Waals surface area contributed by atoms with Crippen molar-refractivity contribution in [3.8, 4) is 0 Å². The van der Waals surface area contributed by atoms with Gasteiger partial charge in [-0.3, -0.25) is 0 Å². The number of carbonyl (C=O) groups is 1. The van der Waals surface area contributed by atoms with Crippen molar-refractivity contribution < 1.29 is 9.53 Å². The first-order chi connectivity index (χ1) is 6.81. The van der Waals surface area contributed by atoms with Gasteiger partial charge in [-0.25, -0.2) is 4.79 Å². The minimum Gasteiger partial charge on any atom is -0.444 e. The fraction of sp³-hybridized carbons (Fsp3) is 0.909. The second-order valence-corrected chi connectivity index (χ2v) is 5.24. The third-order valence-electron chi connectivity index (χ3n) is 2.53. The van der Waals surface area contributed by atoms with Gasteiger partial charge in [-0.1, -0.05) is 0 Å². The summed E-state index contributed by atoms with van der Waals surface area (Å²) in [6.07, 6.45) is 1.77. The van der Waals surface area contributed by atoms with Crippen molar-refractivity contribution in [2.24, 2.45) is 5.73 Å². The smallest absolute Gasteiger partial charge is 0.410 e. The van der Waals surface area contributed by atoms with Gasteiger partial charge in [0.15, 0.2) is 0 Å². The number of likely N-dealkylation sites (tertiary alicyclic amines) is 1. The number of nitrogens with two attached hydrogens (primary N) is 1. The maximum atomic E-state index is 11.8. The lowest BCUT2D eigenvalue weighted by Gasteiger charge is -2.30. The SMILES string of the molecule is CC(N)[C@@H]1CCCN1C(=O)OC(C)(C)C. The van der Waals surface area contributed by atoms with Crippen molar-refractivity contribution in [1.29, 1.82) is 0 Å². The summed E-state index contributed by atoms with van der Waals surface area (Å²) in [5, 5.41) is 0. The maximum Gasteiger partial charge on any atom is 0.410 e. The molecule has 88 valence electrons. The van der Waals surface area contributed by atoms with Crippen LogP contribution in [-0.4, -0.2) is 35.2 Å². The summed E-state index contributed by atoms with van der Waals surface area (Å²) in [5.74, 6) is 0. The van der Waals surface area contributed by atoms with Crippen LogP contribution in [0.3, 0.4) is 0 Å². The predicted octanol–water partition coefficient (Wildman–Crippen LogP) is 1.73. The van der Waals surface area contributed by atoms with E-state index in [4.69, 9.17) is 10.5 Å². The molecule has 0 aromatic rings. The summed E-state index contributed by atoms with van der Waals surface area (Å²) in [6.45, 7) is 8.33. The fourth-order valence-corrected chi connectivity index (χ4v) is 1.89. The molecule has 0 saturated carbocycles. The number of hydrogen-bond acceptors (Lipinski definition) is 3. The molecular weight excluding hydrogens is 192 g/mol. The minimum atomic E-state index is -0.429. The van der Waals surface area contributed by atoms with E-state index in [1.807, 2.05) is 27.7 Å². The second kappa shape index (κ2) is 4.39. The average Bonchev–Trinajstić information content (AvgIpc) is 2.47. The number of carbonyl (C=O) groups excluding carboxylic acids is 1. The van der Waals surface area contributed by atoms with Gasteiger partial charge in [-0.05, 0) is 40.5 Å². The second-order valence-electron chi connectivity index (χ2n) is 5.24. The lowest BCUT2D eigenvalue weighted by Crippen LogP contribution is -2.47. The summed E-state index contributed by atoms with van der Waals surface area (Å²) in [4.78, 5) is 13.6. The highest BCUT2D eigenvalue weighted by molar-refractivity contribution is 5.69. The van der Waals surface area contributed by atoms with Gasteiger partial charge < -0.3 is 15.4 Å². The van der Waals surface area contributed by atoms with Crippen LogP contribution in [0.25, 0.3) is 0 Å². The molecule has 0 aromatic carbocycles. The molecule has 4 heteroatoms. The van der Waals surface area contributed by atoms with Crippen LogP contribution in [-0.2, 0) is 4.74 Å². The topological polar surface area (TPSA) is 55.6 Å². The molecule has 2 atom stereocenters. The zero-order valence-corrected chi connectivity index (χ0v) is 10.1. The normalized spacial score (nSPS) is 24.1. The number of rotatable bonds is 1. The monoisotopic (exact) mass is 214 g/mol. The Morgan fingerprint density at radius 3 is 2.60 bits per heavy atom. The first kappa shape index (κ1) is 12.3. The van der Waals surface area contributed by atoms with Crippen LogP contribution >= 0.6 is 0 Å². The van der Waals surface area contributed by atoms with Gasteiger partial charge in [0.25, 0.3) is 0 Å². The molecule has 1 aliphatic rings. The van der Waals surface area contributed by atoms with Crippen LogP contribution in [0.2, 0.25) is 0 Å². The van der Waals surface area contributed by atoms with E-state index in [-0.39, 0.29) is 18.2 Å². The Hall–Kier alpha value is -0.770. The number of ether oxygens (including phenoxy) is 1. The lowest BCUT2D eigenvalue weighted by atomic mass is 10.1. The van der Waals surface area contributed by atoms with Gasteiger partial charge in [0.05, 0.1) is 0 Å². The van der Waals surface area contributed by atoms with Crippen LogP contribution in [0, 0.1) is 0 Å². The van der Waals surface area contributed by atoms with Crippen molar-refractivity contribution >= 4 is 6.09 Å². The number of amides is 1. The lowest BCUT2D eigenvalue weighted by molar-refractivity contribution is 0.0211. The highest BCUT2D eigenvalue weighted by atomic mass is 16.6. The van der Waals surface area contributed by atoms with E-state index in [1.54, 1.807) is 4.90 Å². The van der Waals surface area contributed by atoms with Gasteiger partial charge in [0.2, 0.25) is 0 Å². The third kappa shape index (κ3) is 3.38. The van der Waals surface area contributed by atoms with Crippen molar-refractivity contribution in [1.82, 2.24) is 4.90 Å². The molecule has 1 fully saturated rings. The van der Waals surface area contributed by atoms with Crippen molar-refractivity contribution in [2.75, 3.05) is 6.54 Å². The standard InChI is InChI=1S/C11H22N2O2/c1-8(12)9-6-5-7-13(9)10(14)15-11(2,3)4/h8-9H,5-7,12H2,1-4H3/t8?,9-/m0/s1. The molecular formula is C11H22N2O2. The first-order valence-corrected chi connectivity index (χ1v) is 5.56. The van der Waals surface area contributed by atoms with Gasteiger partial charge in [-0.15, -0.1) is 0 Å². The molecule has 15 heavy (non-hydrogen) atoms. The van der Waals surface area contributed by atoms with Gasteiger partial charge in [0, 0.05) is 18.6 Å². The molecule has 1 amide bonds. The van der Waals surface area contributed by atoms with Gasteiger partial charge in [0.1, 0.15) is 5.60 Å². The quantitative estimate of drug-likeness (QED) is 0.723. The Balaban J connectivity index is 2.59. The van der Waals surface area contributed by atoms with E-state index in [0.29, 0.717) is 0 Å². The van der Waals surface area contributed by atoms with Crippen LogP contribution in [0.1, 0.15) is 40.5 Å². The number of hydrogen-bond donors (Lipinski definition) is 1. The Labute approximate surface area is 91.8 Å². The van der Waals surface area contributed by atoms with E-state index in [9.17, 15) is 4.79 Å². The van der Waals surface area contributed by atoms with Crippen molar-refractivity contribution in [3.63, 3.8) is 0 Å². The molecule has 0 bridgehead atoms. The van der Waals surface area contributed by atoms with Crippen LogP contribution in [0.5, 0.6) is 0 Å². The molecule has 1 heterocycles. The highest BCUT2D eigenvalue weighted by Crippen LogP contribution is 2.22. The van der Waals surface area contributed by atoms with E-state index in [0.717, 1.165) is 19.4 Å². The predicted molar refractivity (Wildman–Crippen MR) is 59.6 cm³/mol. The fourth-order valence-electron chi connectivity index (χ4n) is 1.89. The van der Waals surface area contributed by atoms with Crippen LogP contribution in [0.15, 0.2) is 0 Å². The molecule has 1 saturated heterocycles. The first-order valence-electron chi connectivity index (χ1n) is 5.56. The molecule has 0 aromatic heterocycles. The zero-order valence-electron chi connectivity index (χ0n) is 10.1. The van der Waals surface area contributed by atoms with E-state index in [1.165, 1.54) is 0 Å². The van der Waals surface area contributed by atoms with Crippen LogP contribution < -0.4 is 5.73 Å². The van der Waals surface area contributed by atoms with Crippen LogP contribution in [0.4, 0.5) is 4.79 Å². The summed E-state index contributed by atoms with van der Waals surface area (Å²) >= 11 is 0. The summed E-state index contributed by atoms with van der Waals surface area (Å²) in [6, 6.07) is 0.153. The Morgan fingerprint density at radius 1 is 1.53 bits per heavy atom. The Morgan fingerprint density at radius 2 is 2.13 bits per heavy atom. The molecule has 2 N–H and O–H groups in total. The molecule has 1 rings (SSSR count). The highest BCUT2D eigenvalue weighted by Gasteiger charge is 2.33. The largest absolute Gasteiger partial charge is 0.444 e. The average molecular weight is 214 g/mol. The molecule has 0 aliphatic carbocycles. The summed E-state index contributed by atoms with van der Waals surface area (Å²) < 4.78 is 5.33. The maximum absolute atomic E-state index is 11.8. The summed E-state index contributed by atoms with van der Waals surface area (Å²) in [7, 11) is 0. The van der Waals surface area contributed by atoms with E-state index >= 15 is 0 Å². The number of nitrogens with zero attached hydrogens (tertiary/aromatic N) is 1. The Bertz CT molecular complexity index is 233. The molecule has 1 aliphatic heterocycles. The van der Waals surface area contributed by atoms with E-state index in [2.05, 4.69) is 0 Å². The Kier molecular flexibility index (Phi) is 3.60. The van der Waals surface area contributed by atoms with Gasteiger partial charge >= 0.3 is 6.09 Å². The van der Waals surface area contributed by atoms with Crippen molar-refractivity contribution in [2.45, 2.75) is 58.2 Å². The zero-order chi connectivity index (χ0) is 11.6. The van der Waals surface area contributed by atoms with E-state index < -0.39 is 5.60 Å². The third-order valence-corrected chi connectivity index (χ3v) is 2.53. The molecule has 4 nitrogen and oxygen atoms in total.